The normalized spacial score (nSPS) is 23.7. The Labute approximate surface area is 148 Å². The van der Waals surface area contributed by atoms with Gasteiger partial charge < -0.3 is 20.1 Å². The van der Waals surface area contributed by atoms with Crippen molar-refractivity contribution >= 4 is 27.9 Å². The molecule has 6 nitrogen and oxygen atoms in total. The number of benzene rings is 1. The lowest BCUT2D eigenvalue weighted by Crippen LogP contribution is -2.45. The topological polar surface area (TPSA) is 76.7 Å². The molecular formula is C17H19BrN2O4. The molecule has 2 amide bonds. The molecule has 2 N–H and O–H groups in total. The molecule has 0 aromatic heterocycles. The van der Waals surface area contributed by atoms with Crippen LogP contribution in [-0.2, 0) is 14.3 Å². The van der Waals surface area contributed by atoms with E-state index >= 15 is 0 Å². The number of amides is 2. The highest BCUT2D eigenvalue weighted by Gasteiger charge is 2.32. The number of nitrogens with one attached hydrogen (secondary N) is 2. The minimum Gasteiger partial charge on any atom is -0.459 e. The first kappa shape index (κ1) is 17.0. The summed E-state index contributed by atoms with van der Waals surface area (Å²) >= 11 is 3.38. The Morgan fingerprint density at radius 2 is 2.12 bits per heavy atom. The van der Waals surface area contributed by atoms with Crippen molar-refractivity contribution in [2.75, 3.05) is 13.2 Å². The molecule has 0 bridgehead atoms. The SMILES string of the molecule is CC1=C(C(=O)OC[C@H]2CCCO2)[C@@H](c2ccc(Br)cc2)NC(=O)N1. The summed E-state index contributed by atoms with van der Waals surface area (Å²) in [7, 11) is 0. The molecule has 2 heterocycles. The Bertz CT molecular complexity index is 666. The Hall–Kier alpha value is -1.86. The van der Waals surface area contributed by atoms with Crippen LogP contribution in [0, 0.1) is 0 Å². The van der Waals surface area contributed by atoms with Crippen LogP contribution in [0.3, 0.4) is 0 Å². The molecule has 2 aliphatic rings. The highest BCUT2D eigenvalue weighted by atomic mass is 79.9. The maximum absolute atomic E-state index is 12.6. The molecule has 0 spiro atoms. The van der Waals surface area contributed by atoms with E-state index in [1.807, 2.05) is 24.3 Å². The first-order valence-electron chi connectivity index (χ1n) is 7.87. The number of carbonyl (C=O) groups is 2. The van der Waals surface area contributed by atoms with Crippen molar-refractivity contribution in [2.45, 2.75) is 31.9 Å². The first-order valence-corrected chi connectivity index (χ1v) is 8.66. The standard InChI is InChI=1S/C17H19BrN2O4/c1-10-14(16(21)24-9-13-3-2-8-23-13)15(20-17(22)19-10)11-4-6-12(18)7-5-11/h4-7,13,15H,2-3,8-9H2,1H3,(H2,19,20,22)/t13-,15-/m1/s1. The summed E-state index contributed by atoms with van der Waals surface area (Å²) in [5, 5.41) is 5.42. The van der Waals surface area contributed by atoms with Gasteiger partial charge in [0, 0.05) is 16.8 Å². The van der Waals surface area contributed by atoms with Crippen molar-refractivity contribution in [1.29, 1.82) is 0 Å². The van der Waals surface area contributed by atoms with Crippen LogP contribution in [0.5, 0.6) is 0 Å². The zero-order chi connectivity index (χ0) is 17.1. The molecule has 3 rings (SSSR count). The number of hydrogen-bond donors (Lipinski definition) is 2. The lowest BCUT2D eigenvalue weighted by Gasteiger charge is -2.28. The zero-order valence-corrected chi connectivity index (χ0v) is 14.9. The predicted molar refractivity (Wildman–Crippen MR) is 91.2 cm³/mol. The molecule has 1 saturated heterocycles. The van der Waals surface area contributed by atoms with Crippen molar-refractivity contribution in [2.24, 2.45) is 0 Å². The van der Waals surface area contributed by atoms with Crippen LogP contribution in [0.2, 0.25) is 0 Å². The summed E-state index contributed by atoms with van der Waals surface area (Å²) in [5.74, 6) is -0.441. The van der Waals surface area contributed by atoms with Gasteiger partial charge in [0.15, 0.2) is 0 Å². The van der Waals surface area contributed by atoms with E-state index in [1.54, 1.807) is 6.92 Å². The van der Waals surface area contributed by atoms with E-state index in [9.17, 15) is 9.59 Å². The molecule has 2 aliphatic heterocycles. The molecule has 0 saturated carbocycles. The average Bonchev–Trinajstić information content (AvgIpc) is 3.06. The number of hydrogen-bond acceptors (Lipinski definition) is 4. The third-order valence-electron chi connectivity index (χ3n) is 4.12. The fourth-order valence-corrected chi connectivity index (χ4v) is 3.16. The molecule has 1 aromatic rings. The van der Waals surface area contributed by atoms with Crippen molar-refractivity contribution in [3.63, 3.8) is 0 Å². The monoisotopic (exact) mass is 394 g/mol. The summed E-state index contributed by atoms with van der Waals surface area (Å²) in [6.45, 7) is 2.65. The van der Waals surface area contributed by atoms with Gasteiger partial charge in [-0.2, -0.15) is 0 Å². The Kier molecular flexibility index (Phi) is 5.20. The van der Waals surface area contributed by atoms with Crippen molar-refractivity contribution in [3.05, 3.63) is 45.6 Å². The molecule has 1 fully saturated rings. The van der Waals surface area contributed by atoms with E-state index < -0.39 is 12.0 Å². The van der Waals surface area contributed by atoms with Crippen LogP contribution in [0.1, 0.15) is 31.4 Å². The highest BCUT2D eigenvalue weighted by molar-refractivity contribution is 9.10. The van der Waals surface area contributed by atoms with Gasteiger partial charge in [0.2, 0.25) is 0 Å². The molecular weight excluding hydrogens is 376 g/mol. The van der Waals surface area contributed by atoms with E-state index in [2.05, 4.69) is 26.6 Å². The fourth-order valence-electron chi connectivity index (χ4n) is 2.89. The lowest BCUT2D eigenvalue weighted by molar-refractivity contribution is -0.142. The molecule has 24 heavy (non-hydrogen) atoms. The highest BCUT2D eigenvalue weighted by Crippen LogP contribution is 2.28. The van der Waals surface area contributed by atoms with E-state index in [4.69, 9.17) is 9.47 Å². The van der Waals surface area contributed by atoms with Crippen LogP contribution in [0.25, 0.3) is 0 Å². The van der Waals surface area contributed by atoms with Gasteiger partial charge in [-0.3, -0.25) is 0 Å². The number of halogens is 1. The first-order chi connectivity index (χ1) is 11.5. The van der Waals surface area contributed by atoms with Gasteiger partial charge in [-0.25, -0.2) is 9.59 Å². The number of esters is 1. The van der Waals surface area contributed by atoms with E-state index in [1.165, 1.54) is 0 Å². The Balaban J connectivity index is 1.80. The maximum Gasteiger partial charge on any atom is 0.338 e. The second kappa shape index (κ2) is 7.36. The Morgan fingerprint density at radius 1 is 1.38 bits per heavy atom. The van der Waals surface area contributed by atoms with Crippen molar-refractivity contribution < 1.29 is 19.1 Å². The van der Waals surface area contributed by atoms with E-state index in [0.29, 0.717) is 17.9 Å². The molecule has 0 radical (unpaired) electrons. The lowest BCUT2D eigenvalue weighted by atomic mass is 9.96. The summed E-state index contributed by atoms with van der Waals surface area (Å²) < 4.78 is 11.8. The summed E-state index contributed by atoms with van der Waals surface area (Å²) in [5.41, 5.74) is 1.73. The maximum atomic E-state index is 12.6. The van der Waals surface area contributed by atoms with Gasteiger partial charge in [-0.05, 0) is 37.5 Å². The smallest absolute Gasteiger partial charge is 0.338 e. The number of urea groups is 1. The van der Waals surface area contributed by atoms with Crippen LogP contribution in [0.15, 0.2) is 40.0 Å². The minimum atomic E-state index is -0.538. The second-order valence-corrected chi connectivity index (χ2v) is 6.77. The van der Waals surface area contributed by atoms with Crippen LogP contribution < -0.4 is 10.6 Å². The van der Waals surface area contributed by atoms with Gasteiger partial charge >= 0.3 is 12.0 Å². The van der Waals surface area contributed by atoms with E-state index in [0.717, 1.165) is 22.9 Å². The molecule has 0 aliphatic carbocycles. The third-order valence-corrected chi connectivity index (χ3v) is 4.65. The average molecular weight is 395 g/mol. The second-order valence-electron chi connectivity index (χ2n) is 5.86. The van der Waals surface area contributed by atoms with Crippen molar-refractivity contribution in [1.82, 2.24) is 10.6 Å². The number of rotatable bonds is 4. The largest absolute Gasteiger partial charge is 0.459 e. The van der Waals surface area contributed by atoms with E-state index in [-0.39, 0.29) is 18.7 Å². The van der Waals surface area contributed by atoms with Gasteiger partial charge in [0.25, 0.3) is 0 Å². The fraction of sp³-hybridized carbons (Fsp3) is 0.412. The van der Waals surface area contributed by atoms with Gasteiger partial charge in [-0.1, -0.05) is 28.1 Å². The van der Waals surface area contributed by atoms with Crippen LogP contribution >= 0.6 is 15.9 Å². The molecule has 128 valence electrons. The number of carbonyl (C=O) groups excluding carboxylic acids is 2. The molecule has 0 unspecified atom stereocenters. The van der Waals surface area contributed by atoms with Gasteiger partial charge in [0.1, 0.15) is 6.61 Å². The quantitative estimate of drug-likeness (QED) is 0.769. The summed E-state index contributed by atoms with van der Waals surface area (Å²) in [4.78, 5) is 24.4. The summed E-state index contributed by atoms with van der Waals surface area (Å²) in [6, 6.07) is 6.59. The minimum absolute atomic E-state index is 0.0351. The number of allylic oxidation sites excluding steroid dienone is 1. The molecule has 1 aromatic carbocycles. The number of ether oxygens (including phenoxy) is 2. The van der Waals surface area contributed by atoms with Crippen molar-refractivity contribution in [3.8, 4) is 0 Å². The summed E-state index contributed by atoms with van der Waals surface area (Å²) in [6.07, 6.45) is 1.85. The van der Waals surface area contributed by atoms with Crippen LogP contribution in [0.4, 0.5) is 4.79 Å². The Morgan fingerprint density at radius 3 is 2.79 bits per heavy atom. The van der Waals surface area contributed by atoms with Crippen LogP contribution in [-0.4, -0.2) is 31.3 Å². The third kappa shape index (κ3) is 3.79. The van der Waals surface area contributed by atoms with Gasteiger partial charge in [0.05, 0.1) is 17.7 Å². The van der Waals surface area contributed by atoms with Gasteiger partial charge in [-0.15, -0.1) is 0 Å². The molecule has 2 atom stereocenters. The molecule has 7 heteroatoms. The zero-order valence-electron chi connectivity index (χ0n) is 13.3. The predicted octanol–water partition coefficient (Wildman–Crippen LogP) is 2.80.